The average Bonchev–Trinajstić information content (AvgIpc) is 2.90. The molecule has 96 valence electrons. The summed E-state index contributed by atoms with van der Waals surface area (Å²) in [5.41, 5.74) is 2.50. The Balaban J connectivity index is 2.05. The lowest BCUT2D eigenvalue weighted by Gasteiger charge is -2.15. The second-order valence-corrected chi connectivity index (χ2v) is 4.76. The molecule has 3 nitrogen and oxygen atoms in total. The highest BCUT2D eigenvalue weighted by Crippen LogP contribution is 2.17. The number of nitrogens with zero attached hydrogens (tertiary/aromatic N) is 2. The Hall–Kier alpha value is -1.77. The fourth-order valence-electron chi connectivity index (χ4n) is 1.83. The van der Waals surface area contributed by atoms with Crippen LogP contribution in [0.15, 0.2) is 42.7 Å². The van der Waals surface area contributed by atoms with Gasteiger partial charge in [0.1, 0.15) is 0 Å². The molecule has 0 radical (unpaired) electrons. The van der Waals surface area contributed by atoms with Crippen molar-refractivity contribution in [2.45, 2.75) is 26.8 Å². The van der Waals surface area contributed by atoms with Crippen LogP contribution in [0.2, 0.25) is 0 Å². The van der Waals surface area contributed by atoms with Crippen LogP contribution in [0.5, 0.6) is 0 Å². The quantitative estimate of drug-likeness (QED) is 0.842. The van der Waals surface area contributed by atoms with E-state index in [1.807, 2.05) is 23.1 Å². The molecule has 2 rings (SSSR count). The first-order valence-corrected chi connectivity index (χ1v) is 6.58. The third kappa shape index (κ3) is 3.36. The first kappa shape index (κ1) is 12.7. The van der Waals surface area contributed by atoms with Gasteiger partial charge in [-0.05, 0) is 23.6 Å². The highest BCUT2D eigenvalue weighted by atomic mass is 15.3. The van der Waals surface area contributed by atoms with E-state index in [1.54, 1.807) is 0 Å². The lowest BCUT2D eigenvalue weighted by atomic mass is 10.1. The third-order valence-corrected chi connectivity index (χ3v) is 3.25. The van der Waals surface area contributed by atoms with E-state index < -0.39 is 0 Å². The van der Waals surface area contributed by atoms with Crippen molar-refractivity contribution < 1.29 is 0 Å². The van der Waals surface area contributed by atoms with Crippen molar-refractivity contribution in [1.29, 1.82) is 0 Å². The molecule has 0 aliphatic carbocycles. The van der Waals surface area contributed by atoms with Gasteiger partial charge < -0.3 is 5.32 Å². The Labute approximate surface area is 109 Å². The molecule has 18 heavy (non-hydrogen) atoms. The Kier molecular flexibility index (Phi) is 4.40. The molecule has 0 spiro atoms. The Morgan fingerprint density at radius 3 is 2.83 bits per heavy atom. The molecule has 1 aromatic carbocycles. The number of hydrogen-bond donors (Lipinski definition) is 1. The minimum Gasteiger partial charge on any atom is -0.385 e. The molecule has 0 saturated heterocycles. The third-order valence-electron chi connectivity index (χ3n) is 3.25. The number of para-hydroxylation sites is 1. The summed E-state index contributed by atoms with van der Waals surface area (Å²) in [6.07, 6.45) is 5.01. The highest BCUT2D eigenvalue weighted by molar-refractivity contribution is 5.51. The van der Waals surface area contributed by atoms with Gasteiger partial charge in [-0.15, -0.1) is 0 Å². The highest BCUT2D eigenvalue weighted by Gasteiger charge is 2.04. The summed E-state index contributed by atoms with van der Waals surface area (Å²) in [7, 11) is 0. The lowest BCUT2D eigenvalue weighted by molar-refractivity contribution is 0.592. The smallest absolute Gasteiger partial charge is 0.0679 e. The van der Waals surface area contributed by atoms with Crippen LogP contribution in [-0.4, -0.2) is 16.3 Å². The van der Waals surface area contributed by atoms with Crippen LogP contribution in [0.3, 0.4) is 0 Å². The van der Waals surface area contributed by atoms with Crippen molar-refractivity contribution in [3.05, 3.63) is 48.3 Å². The van der Waals surface area contributed by atoms with Gasteiger partial charge in [-0.25, -0.2) is 0 Å². The average molecular weight is 243 g/mol. The SMILES string of the molecule is CCC(C)CNc1ccccc1Cn1cccn1. The van der Waals surface area contributed by atoms with Crippen molar-refractivity contribution in [1.82, 2.24) is 9.78 Å². The molecule has 0 amide bonds. The first-order chi connectivity index (χ1) is 8.79. The van der Waals surface area contributed by atoms with E-state index in [2.05, 4.69) is 48.5 Å². The fourth-order valence-corrected chi connectivity index (χ4v) is 1.83. The summed E-state index contributed by atoms with van der Waals surface area (Å²) in [6.45, 7) is 6.33. The molecule has 1 aromatic heterocycles. The molecule has 0 fully saturated rings. The Morgan fingerprint density at radius 1 is 1.28 bits per heavy atom. The van der Waals surface area contributed by atoms with Gasteiger partial charge >= 0.3 is 0 Å². The van der Waals surface area contributed by atoms with Crippen molar-refractivity contribution in [2.75, 3.05) is 11.9 Å². The van der Waals surface area contributed by atoms with Crippen molar-refractivity contribution >= 4 is 5.69 Å². The summed E-state index contributed by atoms with van der Waals surface area (Å²) >= 11 is 0. The zero-order valence-corrected chi connectivity index (χ0v) is 11.1. The molecule has 1 atom stereocenters. The Bertz CT molecular complexity index is 462. The second kappa shape index (κ2) is 6.24. The van der Waals surface area contributed by atoms with Gasteiger partial charge in [0.15, 0.2) is 0 Å². The molecule has 3 heteroatoms. The van der Waals surface area contributed by atoms with E-state index in [9.17, 15) is 0 Å². The molecule has 0 aliphatic heterocycles. The number of hydrogen-bond acceptors (Lipinski definition) is 2. The van der Waals surface area contributed by atoms with E-state index >= 15 is 0 Å². The molecular formula is C15H21N3. The molecular weight excluding hydrogens is 222 g/mol. The van der Waals surface area contributed by atoms with E-state index in [-0.39, 0.29) is 0 Å². The van der Waals surface area contributed by atoms with E-state index in [0.717, 1.165) is 13.1 Å². The number of benzene rings is 1. The zero-order valence-electron chi connectivity index (χ0n) is 11.1. The molecule has 1 heterocycles. The molecule has 0 aliphatic rings. The fraction of sp³-hybridized carbons (Fsp3) is 0.400. The predicted molar refractivity (Wildman–Crippen MR) is 75.7 cm³/mol. The van der Waals surface area contributed by atoms with E-state index in [0.29, 0.717) is 5.92 Å². The predicted octanol–water partition coefficient (Wildman–Crippen LogP) is 3.39. The van der Waals surface area contributed by atoms with Crippen molar-refractivity contribution in [2.24, 2.45) is 5.92 Å². The standard InChI is InChI=1S/C15H21N3/c1-3-13(2)11-16-15-8-5-4-7-14(15)12-18-10-6-9-17-18/h4-10,13,16H,3,11-12H2,1-2H3. The van der Waals surface area contributed by atoms with Gasteiger partial charge in [0.05, 0.1) is 6.54 Å². The van der Waals surface area contributed by atoms with Crippen molar-refractivity contribution in [3.8, 4) is 0 Å². The van der Waals surface area contributed by atoms with Crippen LogP contribution in [0.1, 0.15) is 25.8 Å². The van der Waals surface area contributed by atoms with Gasteiger partial charge in [0.25, 0.3) is 0 Å². The van der Waals surface area contributed by atoms with Gasteiger partial charge in [0.2, 0.25) is 0 Å². The monoisotopic (exact) mass is 243 g/mol. The molecule has 2 aromatic rings. The van der Waals surface area contributed by atoms with Gasteiger partial charge in [-0.3, -0.25) is 4.68 Å². The normalized spacial score (nSPS) is 12.3. The maximum absolute atomic E-state index is 4.25. The molecule has 1 unspecified atom stereocenters. The van der Waals surface area contributed by atoms with Gasteiger partial charge in [-0.1, -0.05) is 38.5 Å². The summed E-state index contributed by atoms with van der Waals surface area (Å²) in [5.74, 6) is 0.697. The maximum atomic E-state index is 4.25. The summed E-state index contributed by atoms with van der Waals surface area (Å²) in [4.78, 5) is 0. The summed E-state index contributed by atoms with van der Waals surface area (Å²) in [5, 5.41) is 7.79. The van der Waals surface area contributed by atoms with Crippen LogP contribution in [-0.2, 0) is 6.54 Å². The van der Waals surface area contributed by atoms with Gasteiger partial charge in [0, 0.05) is 24.6 Å². The number of rotatable bonds is 6. The molecule has 1 N–H and O–H groups in total. The lowest BCUT2D eigenvalue weighted by Crippen LogP contribution is -2.12. The largest absolute Gasteiger partial charge is 0.385 e. The maximum Gasteiger partial charge on any atom is 0.0679 e. The van der Waals surface area contributed by atoms with Crippen LogP contribution >= 0.6 is 0 Å². The minimum atomic E-state index is 0.697. The number of aromatic nitrogens is 2. The van der Waals surface area contributed by atoms with Crippen LogP contribution in [0.25, 0.3) is 0 Å². The zero-order chi connectivity index (χ0) is 12.8. The van der Waals surface area contributed by atoms with Gasteiger partial charge in [-0.2, -0.15) is 5.10 Å². The molecule has 0 bridgehead atoms. The first-order valence-electron chi connectivity index (χ1n) is 6.58. The second-order valence-electron chi connectivity index (χ2n) is 4.76. The molecule has 0 saturated carbocycles. The van der Waals surface area contributed by atoms with E-state index in [4.69, 9.17) is 0 Å². The number of anilines is 1. The van der Waals surface area contributed by atoms with Crippen LogP contribution < -0.4 is 5.32 Å². The Morgan fingerprint density at radius 2 is 2.11 bits per heavy atom. The van der Waals surface area contributed by atoms with E-state index in [1.165, 1.54) is 17.7 Å². The summed E-state index contributed by atoms with van der Waals surface area (Å²) < 4.78 is 1.95. The van der Waals surface area contributed by atoms with Crippen molar-refractivity contribution in [3.63, 3.8) is 0 Å². The van der Waals surface area contributed by atoms with Crippen LogP contribution in [0, 0.1) is 5.92 Å². The number of nitrogens with one attached hydrogen (secondary N) is 1. The summed E-state index contributed by atoms with van der Waals surface area (Å²) in [6, 6.07) is 10.4. The minimum absolute atomic E-state index is 0.697. The topological polar surface area (TPSA) is 29.9 Å². The van der Waals surface area contributed by atoms with Crippen LogP contribution in [0.4, 0.5) is 5.69 Å².